The van der Waals surface area contributed by atoms with Crippen LogP contribution >= 0.6 is 0 Å². The van der Waals surface area contributed by atoms with E-state index in [9.17, 15) is 5.11 Å². The number of ether oxygens (including phenoxy) is 1. The maximum atomic E-state index is 10.2. The monoisotopic (exact) mass is 183 g/mol. The minimum atomic E-state index is -0.702. The quantitative estimate of drug-likeness (QED) is 0.635. The average molecular weight is 183 g/mol. The average Bonchev–Trinajstić information content (AvgIpc) is 2.63. The lowest BCUT2D eigenvalue weighted by atomic mass is 9.81. The second-order valence-electron chi connectivity index (χ2n) is 4.07. The molecule has 0 radical (unpaired) electrons. The maximum absolute atomic E-state index is 10.2. The lowest BCUT2D eigenvalue weighted by molar-refractivity contribution is -0.0131. The van der Waals surface area contributed by atoms with E-state index < -0.39 is 5.60 Å². The van der Waals surface area contributed by atoms with Gasteiger partial charge in [0, 0.05) is 12.5 Å². The third-order valence-corrected chi connectivity index (χ3v) is 3.02. The molecule has 0 unspecified atom stereocenters. The molecule has 0 amide bonds. The fraction of sp³-hybridized carbons (Fsp3) is 0.800. The maximum Gasteiger partial charge on any atom is 0.124 e. The number of rotatable bonds is 1. The predicted molar refractivity (Wildman–Crippen MR) is 50.0 cm³/mol. The zero-order valence-electron chi connectivity index (χ0n) is 7.83. The largest absolute Gasteiger partial charge is 0.495 e. The highest BCUT2D eigenvalue weighted by Gasteiger charge is 2.37. The minimum absolute atomic E-state index is 0.266. The smallest absolute Gasteiger partial charge is 0.124 e. The molecular weight excluding hydrogens is 166 g/mol. The Labute approximate surface area is 78.6 Å². The summed E-state index contributed by atoms with van der Waals surface area (Å²) in [6, 6.07) is 0.266. The Morgan fingerprint density at radius 3 is 2.69 bits per heavy atom. The Morgan fingerprint density at radius 2 is 2.15 bits per heavy atom. The summed E-state index contributed by atoms with van der Waals surface area (Å²) in [6.07, 6.45) is 6.24. The second kappa shape index (κ2) is 3.31. The summed E-state index contributed by atoms with van der Waals surface area (Å²) in [5.41, 5.74) is 5.08. The van der Waals surface area contributed by atoms with E-state index in [-0.39, 0.29) is 6.04 Å². The van der Waals surface area contributed by atoms with E-state index in [0.29, 0.717) is 0 Å². The number of hydrogen-bond donors (Lipinski definition) is 2. The van der Waals surface area contributed by atoms with Gasteiger partial charge in [-0.3, -0.25) is 0 Å². The molecule has 0 aromatic carbocycles. The highest BCUT2D eigenvalue weighted by molar-refractivity contribution is 5.14. The molecule has 1 aliphatic heterocycles. The van der Waals surface area contributed by atoms with Crippen molar-refractivity contribution in [2.24, 2.45) is 5.73 Å². The first kappa shape index (κ1) is 9.03. The first-order valence-electron chi connectivity index (χ1n) is 5.02. The Kier molecular flexibility index (Phi) is 2.30. The summed E-state index contributed by atoms with van der Waals surface area (Å²) in [7, 11) is 0. The van der Waals surface area contributed by atoms with Crippen LogP contribution in [0.2, 0.25) is 0 Å². The Balaban J connectivity index is 2.03. The van der Waals surface area contributed by atoms with Crippen LogP contribution in [-0.2, 0) is 4.74 Å². The molecule has 13 heavy (non-hydrogen) atoms. The summed E-state index contributed by atoms with van der Waals surface area (Å²) in [5, 5.41) is 10.2. The van der Waals surface area contributed by atoms with Gasteiger partial charge in [0.25, 0.3) is 0 Å². The first-order chi connectivity index (χ1) is 6.21. The molecule has 0 saturated heterocycles. The molecular formula is C10H17NO2. The van der Waals surface area contributed by atoms with E-state index in [4.69, 9.17) is 10.5 Å². The molecule has 3 heteroatoms. The molecule has 1 saturated carbocycles. The van der Waals surface area contributed by atoms with Crippen LogP contribution in [0.1, 0.15) is 32.1 Å². The summed E-state index contributed by atoms with van der Waals surface area (Å²) in [5.74, 6) is 0.791. The molecule has 0 aromatic heterocycles. The van der Waals surface area contributed by atoms with Crippen LogP contribution in [0.5, 0.6) is 0 Å². The molecule has 74 valence electrons. The van der Waals surface area contributed by atoms with E-state index in [0.717, 1.165) is 44.5 Å². The fourth-order valence-corrected chi connectivity index (χ4v) is 2.11. The standard InChI is InChI=1S/C10H17NO2/c11-8-3-5-10(12,6-4-8)9-2-1-7-13-9/h2,8,12H,1,3-7,11H2. The number of hydrogen-bond acceptors (Lipinski definition) is 3. The van der Waals surface area contributed by atoms with E-state index in [1.54, 1.807) is 0 Å². The van der Waals surface area contributed by atoms with Crippen LogP contribution in [0.15, 0.2) is 11.8 Å². The number of nitrogens with two attached hydrogens (primary N) is 1. The highest BCUT2D eigenvalue weighted by Crippen LogP contribution is 2.36. The van der Waals surface area contributed by atoms with Crippen LogP contribution in [0.4, 0.5) is 0 Å². The highest BCUT2D eigenvalue weighted by atomic mass is 16.5. The summed E-state index contributed by atoms with van der Waals surface area (Å²) < 4.78 is 5.40. The fourth-order valence-electron chi connectivity index (χ4n) is 2.11. The van der Waals surface area contributed by atoms with Crippen molar-refractivity contribution in [3.8, 4) is 0 Å². The molecule has 1 aliphatic carbocycles. The van der Waals surface area contributed by atoms with Gasteiger partial charge in [-0.15, -0.1) is 0 Å². The Bertz CT molecular complexity index is 217. The molecule has 0 spiro atoms. The van der Waals surface area contributed by atoms with Crippen molar-refractivity contribution in [1.29, 1.82) is 0 Å². The van der Waals surface area contributed by atoms with Crippen LogP contribution < -0.4 is 5.73 Å². The van der Waals surface area contributed by atoms with Crippen molar-refractivity contribution in [3.05, 3.63) is 11.8 Å². The summed E-state index contributed by atoms with van der Waals surface area (Å²) >= 11 is 0. The second-order valence-corrected chi connectivity index (χ2v) is 4.07. The predicted octanol–water partition coefficient (Wildman–Crippen LogP) is 0.923. The molecule has 1 heterocycles. The molecule has 0 bridgehead atoms. The topological polar surface area (TPSA) is 55.5 Å². The lowest BCUT2D eigenvalue weighted by Gasteiger charge is -2.34. The van der Waals surface area contributed by atoms with Crippen molar-refractivity contribution in [3.63, 3.8) is 0 Å². The van der Waals surface area contributed by atoms with Gasteiger partial charge in [0.1, 0.15) is 11.4 Å². The van der Waals surface area contributed by atoms with E-state index in [1.807, 2.05) is 6.08 Å². The summed E-state index contributed by atoms with van der Waals surface area (Å²) in [4.78, 5) is 0. The SMILES string of the molecule is NC1CCC(O)(C2=CCCO2)CC1. The third-order valence-electron chi connectivity index (χ3n) is 3.02. The van der Waals surface area contributed by atoms with Crippen LogP contribution in [0, 0.1) is 0 Å². The van der Waals surface area contributed by atoms with Crippen LogP contribution in [0.3, 0.4) is 0 Å². The zero-order valence-corrected chi connectivity index (χ0v) is 7.83. The minimum Gasteiger partial charge on any atom is -0.495 e. The van der Waals surface area contributed by atoms with Crippen molar-refractivity contribution in [2.75, 3.05) is 6.61 Å². The van der Waals surface area contributed by atoms with Gasteiger partial charge in [0.15, 0.2) is 0 Å². The van der Waals surface area contributed by atoms with Gasteiger partial charge in [-0.05, 0) is 31.8 Å². The van der Waals surface area contributed by atoms with Crippen molar-refractivity contribution in [1.82, 2.24) is 0 Å². The van der Waals surface area contributed by atoms with Crippen molar-refractivity contribution in [2.45, 2.75) is 43.7 Å². The Morgan fingerprint density at radius 1 is 1.46 bits per heavy atom. The van der Waals surface area contributed by atoms with Gasteiger partial charge in [-0.25, -0.2) is 0 Å². The van der Waals surface area contributed by atoms with E-state index in [2.05, 4.69) is 0 Å². The van der Waals surface area contributed by atoms with Crippen molar-refractivity contribution < 1.29 is 9.84 Å². The van der Waals surface area contributed by atoms with Gasteiger partial charge in [-0.1, -0.05) is 0 Å². The van der Waals surface area contributed by atoms with Crippen LogP contribution in [0.25, 0.3) is 0 Å². The first-order valence-corrected chi connectivity index (χ1v) is 5.02. The van der Waals surface area contributed by atoms with Gasteiger partial charge in [-0.2, -0.15) is 0 Å². The molecule has 0 aromatic rings. The molecule has 3 nitrogen and oxygen atoms in total. The molecule has 2 rings (SSSR count). The van der Waals surface area contributed by atoms with Gasteiger partial charge in [0.2, 0.25) is 0 Å². The van der Waals surface area contributed by atoms with Crippen LogP contribution in [-0.4, -0.2) is 23.4 Å². The van der Waals surface area contributed by atoms with E-state index in [1.165, 1.54) is 0 Å². The lowest BCUT2D eigenvalue weighted by Crippen LogP contribution is -2.40. The van der Waals surface area contributed by atoms with Gasteiger partial charge >= 0.3 is 0 Å². The Hall–Kier alpha value is -0.540. The van der Waals surface area contributed by atoms with Crippen molar-refractivity contribution >= 4 is 0 Å². The number of aliphatic hydroxyl groups is 1. The zero-order chi connectivity index (χ0) is 9.31. The normalized spacial score (nSPS) is 39.8. The van der Waals surface area contributed by atoms with E-state index >= 15 is 0 Å². The molecule has 2 aliphatic rings. The molecule has 1 fully saturated rings. The third kappa shape index (κ3) is 1.71. The van der Waals surface area contributed by atoms with Gasteiger partial charge < -0.3 is 15.6 Å². The summed E-state index contributed by atoms with van der Waals surface area (Å²) in [6.45, 7) is 0.726. The molecule has 0 atom stereocenters. The van der Waals surface area contributed by atoms with Gasteiger partial charge in [0.05, 0.1) is 6.61 Å². The molecule has 3 N–H and O–H groups in total.